The second-order valence-electron chi connectivity index (χ2n) is 8.25. The Morgan fingerprint density at radius 1 is 1.17 bits per heavy atom. The van der Waals surface area contributed by atoms with E-state index in [0.717, 1.165) is 37.8 Å². The van der Waals surface area contributed by atoms with Crippen LogP contribution in [-0.2, 0) is 11.2 Å². The molecule has 0 spiro atoms. The number of benzene rings is 1. The quantitative estimate of drug-likeness (QED) is 0.586. The summed E-state index contributed by atoms with van der Waals surface area (Å²) in [5, 5.41) is 10.1. The van der Waals surface area contributed by atoms with E-state index in [2.05, 4.69) is 35.5 Å². The Morgan fingerprint density at radius 3 is 2.79 bits per heavy atom. The third-order valence-corrected chi connectivity index (χ3v) is 6.76. The van der Waals surface area contributed by atoms with Crippen molar-refractivity contribution in [3.8, 4) is 0 Å². The van der Waals surface area contributed by atoms with Gasteiger partial charge < -0.3 is 0 Å². The molecule has 0 radical (unpaired) electrons. The van der Waals surface area contributed by atoms with Crippen LogP contribution in [0.1, 0.15) is 56.1 Å². The zero-order chi connectivity index (χ0) is 16.9. The van der Waals surface area contributed by atoms with Gasteiger partial charge in [-0.2, -0.15) is 0 Å². The third-order valence-electron chi connectivity index (χ3n) is 6.76. The van der Waals surface area contributed by atoms with Gasteiger partial charge >= 0.3 is 0 Å². The molecule has 24 heavy (non-hydrogen) atoms. The van der Waals surface area contributed by atoms with Crippen LogP contribution in [0.5, 0.6) is 0 Å². The second kappa shape index (κ2) is 5.68. The minimum absolute atomic E-state index is 0.0292. The first kappa shape index (κ1) is 15.8. The predicted molar refractivity (Wildman–Crippen MR) is 94.3 cm³/mol. The summed E-state index contributed by atoms with van der Waals surface area (Å²) in [7, 11) is 3.77. The van der Waals surface area contributed by atoms with Crippen molar-refractivity contribution < 1.29 is 4.79 Å². The maximum absolute atomic E-state index is 12.4. The first-order valence-electron chi connectivity index (χ1n) is 9.24. The molecule has 1 aromatic carbocycles. The normalized spacial score (nSPS) is 34.8. The number of Topliss-reactive ketones (excluding diaryl/α,β-unsaturated/α-hetero) is 1. The fraction of sp³-hybridized carbons (Fsp3) is 0.650. The van der Waals surface area contributed by atoms with Gasteiger partial charge in [-0.15, -0.1) is 5.11 Å². The van der Waals surface area contributed by atoms with Gasteiger partial charge in [0, 0.05) is 25.9 Å². The van der Waals surface area contributed by atoms with Crippen LogP contribution in [0, 0.1) is 17.3 Å². The number of carbonyl (C=O) groups is 1. The van der Waals surface area contributed by atoms with Crippen LogP contribution in [0.25, 0.3) is 0 Å². The van der Waals surface area contributed by atoms with E-state index in [4.69, 9.17) is 0 Å². The highest BCUT2D eigenvalue weighted by Crippen LogP contribution is 2.59. The number of nitrogens with zero attached hydrogens (tertiary/aromatic N) is 3. The number of aryl methyl sites for hydroxylation is 1. The molecule has 4 rings (SSSR count). The Hall–Kier alpha value is -1.71. The molecule has 2 fully saturated rings. The lowest BCUT2D eigenvalue weighted by molar-refractivity contribution is -0.129. The molecule has 0 bridgehead atoms. The molecule has 4 heteroatoms. The summed E-state index contributed by atoms with van der Waals surface area (Å²) in [5.41, 5.74) is 3.87. The molecule has 2 saturated carbocycles. The van der Waals surface area contributed by atoms with Gasteiger partial charge in [0.25, 0.3) is 0 Å². The van der Waals surface area contributed by atoms with E-state index in [-0.39, 0.29) is 5.41 Å². The van der Waals surface area contributed by atoms with Crippen LogP contribution in [0.4, 0.5) is 5.69 Å². The maximum atomic E-state index is 12.4. The number of hydrogen-bond acceptors (Lipinski definition) is 3. The van der Waals surface area contributed by atoms with Gasteiger partial charge in [0.2, 0.25) is 0 Å². The summed E-state index contributed by atoms with van der Waals surface area (Å²) in [4.78, 5) is 12.4. The third kappa shape index (κ3) is 2.38. The molecule has 0 heterocycles. The minimum Gasteiger partial charge on any atom is -0.299 e. The van der Waals surface area contributed by atoms with Crippen LogP contribution in [0.3, 0.4) is 0 Å². The highest BCUT2D eigenvalue weighted by molar-refractivity contribution is 5.87. The molecule has 4 atom stereocenters. The SMILES string of the molecule is CN(C)N=Nc1ccc2c(c1)CCC1C2CCC2(C)C(=O)CCC12. The molecular weight excluding hydrogens is 298 g/mol. The molecule has 0 aromatic heterocycles. The van der Waals surface area contributed by atoms with E-state index in [1.807, 2.05) is 14.1 Å². The largest absolute Gasteiger partial charge is 0.299 e. The monoisotopic (exact) mass is 325 g/mol. The Morgan fingerprint density at radius 2 is 2.00 bits per heavy atom. The molecule has 128 valence electrons. The summed E-state index contributed by atoms with van der Waals surface area (Å²) >= 11 is 0. The molecule has 0 amide bonds. The Kier molecular flexibility index (Phi) is 3.74. The second-order valence-corrected chi connectivity index (χ2v) is 8.25. The molecule has 4 unspecified atom stereocenters. The van der Waals surface area contributed by atoms with Crippen molar-refractivity contribution in [2.24, 2.45) is 27.6 Å². The molecule has 4 nitrogen and oxygen atoms in total. The van der Waals surface area contributed by atoms with Crippen molar-refractivity contribution in [1.82, 2.24) is 5.01 Å². The van der Waals surface area contributed by atoms with Crippen molar-refractivity contribution >= 4 is 11.5 Å². The van der Waals surface area contributed by atoms with Gasteiger partial charge in [-0.25, -0.2) is 0 Å². The van der Waals surface area contributed by atoms with Gasteiger partial charge in [-0.3, -0.25) is 9.80 Å². The number of ketones is 1. The average Bonchev–Trinajstić information content (AvgIpc) is 2.88. The number of fused-ring (bicyclic) bond motifs is 5. The zero-order valence-corrected chi connectivity index (χ0v) is 15.0. The topological polar surface area (TPSA) is 45.0 Å². The minimum atomic E-state index is -0.0292. The summed E-state index contributed by atoms with van der Waals surface area (Å²) < 4.78 is 0. The molecule has 3 aliphatic rings. The summed E-state index contributed by atoms with van der Waals surface area (Å²) in [6.45, 7) is 2.24. The van der Waals surface area contributed by atoms with Gasteiger partial charge in [0.15, 0.2) is 0 Å². The standard InChI is InChI=1S/C20H27N3O/c1-20-11-10-16-15-7-5-14(21-22-23(2)3)12-13(15)4-6-17(16)18(20)8-9-19(20)24/h5,7,12,16-18H,4,6,8-11H2,1-3H3. The van der Waals surface area contributed by atoms with Crippen molar-refractivity contribution in [1.29, 1.82) is 0 Å². The molecule has 0 N–H and O–H groups in total. The Bertz CT molecular complexity index is 696. The Balaban J connectivity index is 1.62. The van der Waals surface area contributed by atoms with Gasteiger partial charge in [0.05, 0.1) is 5.69 Å². The van der Waals surface area contributed by atoms with E-state index in [1.165, 1.54) is 17.5 Å². The average molecular weight is 325 g/mol. The lowest BCUT2D eigenvalue weighted by atomic mass is 9.55. The summed E-state index contributed by atoms with van der Waals surface area (Å²) in [6.07, 6.45) is 6.48. The van der Waals surface area contributed by atoms with E-state index < -0.39 is 0 Å². The number of hydrogen-bond donors (Lipinski definition) is 0. The van der Waals surface area contributed by atoms with E-state index >= 15 is 0 Å². The first-order valence-corrected chi connectivity index (χ1v) is 9.24. The van der Waals surface area contributed by atoms with E-state index in [0.29, 0.717) is 23.5 Å². The summed E-state index contributed by atoms with van der Waals surface area (Å²) in [5.74, 6) is 2.45. The molecular formula is C20H27N3O. The van der Waals surface area contributed by atoms with Gasteiger partial charge in [0.1, 0.15) is 5.78 Å². The fourth-order valence-corrected chi connectivity index (χ4v) is 5.54. The number of rotatable bonds is 2. The van der Waals surface area contributed by atoms with Crippen LogP contribution >= 0.6 is 0 Å². The molecule has 0 aliphatic heterocycles. The van der Waals surface area contributed by atoms with Crippen molar-refractivity contribution in [3.05, 3.63) is 29.3 Å². The molecule has 1 aromatic rings. The van der Waals surface area contributed by atoms with Crippen LogP contribution in [-0.4, -0.2) is 24.9 Å². The maximum Gasteiger partial charge on any atom is 0.139 e. The zero-order valence-electron chi connectivity index (χ0n) is 15.0. The molecule has 3 aliphatic carbocycles. The van der Waals surface area contributed by atoms with E-state index in [9.17, 15) is 4.79 Å². The molecule has 0 saturated heterocycles. The van der Waals surface area contributed by atoms with Crippen LogP contribution in [0.15, 0.2) is 28.5 Å². The first-order chi connectivity index (χ1) is 11.5. The Labute approximate surface area is 144 Å². The van der Waals surface area contributed by atoms with Crippen LogP contribution in [0.2, 0.25) is 0 Å². The highest BCUT2D eigenvalue weighted by atomic mass is 16.1. The smallest absolute Gasteiger partial charge is 0.139 e. The van der Waals surface area contributed by atoms with Crippen LogP contribution < -0.4 is 0 Å². The summed E-state index contributed by atoms with van der Waals surface area (Å²) in [6, 6.07) is 6.59. The van der Waals surface area contributed by atoms with E-state index in [1.54, 1.807) is 5.01 Å². The predicted octanol–water partition coefficient (Wildman–Crippen LogP) is 4.67. The van der Waals surface area contributed by atoms with Gasteiger partial charge in [-0.05, 0) is 73.1 Å². The van der Waals surface area contributed by atoms with Crippen molar-refractivity contribution in [2.75, 3.05) is 14.1 Å². The highest BCUT2D eigenvalue weighted by Gasteiger charge is 2.54. The fourth-order valence-electron chi connectivity index (χ4n) is 5.54. The van der Waals surface area contributed by atoms with Gasteiger partial charge in [-0.1, -0.05) is 18.2 Å². The van der Waals surface area contributed by atoms with Crippen molar-refractivity contribution in [3.63, 3.8) is 0 Å². The lowest BCUT2D eigenvalue weighted by Gasteiger charge is -2.48. The number of carbonyl (C=O) groups excluding carboxylic acids is 1. The lowest BCUT2D eigenvalue weighted by Crippen LogP contribution is -2.42. The van der Waals surface area contributed by atoms with Crippen molar-refractivity contribution in [2.45, 2.75) is 51.4 Å².